The monoisotopic (exact) mass is 205 g/mol. The molecule has 2 rings (SSSR count). The van der Waals surface area contributed by atoms with Crippen LogP contribution in [0.25, 0.3) is 0 Å². The lowest BCUT2D eigenvalue weighted by Crippen LogP contribution is -2.00. The van der Waals surface area contributed by atoms with E-state index in [4.69, 9.17) is 0 Å². The Hall–Kier alpha value is -1.78. The van der Waals surface area contributed by atoms with Gasteiger partial charge >= 0.3 is 0 Å². The van der Waals surface area contributed by atoms with E-state index >= 15 is 0 Å². The van der Waals surface area contributed by atoms with Gasteiger partial charge in [-0.2, -0.15) is 5.10 Å². The summed E-state index contributed by atoms with van der Waals surface area (Å²) in [5.74, 6) is 0.855. The summed E-state index contributed by atoms with van der Waals surface area (Å²) in [7, 11) is 0. The topological polar surface area (TPSA) is 47.7 Å². The molecule has 2 aromatic rings. The highest BCUT2D eigenvalue weighted by atomic mass is 15.3. The van der Waals surface area contributed by atoms with Crippen LogP contribution < -0.4 is 5.32 Å². The third-order valence-electron chi connectivity index (χ3n) is 2.27. The lowest BCUT2D eigenvalue weighted by molar-refractivity contribution is 0.660. The van der Waals surface area contributed by atoms with Crippen molar-refractivity contribution in [2.24, 2.45) is 0 Å². The SMILES string of the molecule is CCn1cc(Nc2nccn2CC)cn1. The number of nitrogens with zero attached hydrogens (tertiary/aromatic N) is 4. The zero-order valence-electron chi connectivity index (χ0n) is 9.01. The molecule has 0 saturated heterocycles. The minimum atomic E-state index is 0.855. The normalized spacial score (nSPS) is 10.5. The molecule has 5 nitrogen and oxygen atoms in total. The van der Waals surface area contributed by atoms with Gasteiger partial charge in [-0.25, -0.2) is 4.98 Å². The quantitative estimate of drug-likeness (QED) is 0.828. The van der Waals surface area contributed by atoms with Crippen LogP contribution in [-0.2, 0) is 13.1 Å². The molecule has 0 bridgehead atoms. The summed E-state index contributed by atoms with van der Waals surface area (Å²) >= 11 is 0. The number of imidazole rings is 1. The Morgan fingerprint density at radius 3 is 2.87 bits per heavy atom. The van der Waals surface area contributed by atoms with Gasteiger partial charge in [-0.05, 0) is 13.8 Å². The molecule has 5 heteroatoms. The van der Waals surface area contributed by atoms with E-state index in [-0.39, 0.29) is 0 Å². The van der Waals surface area contributed by atoms with E-state index in [1.807, 2.05) is 21.6 Å². The number of hydrogen-bond acceptors (Lipinski definition) is 3. The molecular weight excluding hydrogens is 190 g/mol. The minimum absolute atomic E-state index is 0.855. The first-order chi connectivity index (χ1) is 7.33. The summed E-state index contributed by atoms with van der Waals surface area (Å²) in [5.41, 5.74) is 0.970. The molecule has 0 aromatic carbocycles. The van der Waals surface area contributed by atoms with Crippen molar-refractivity contribution in [3.05, 3.63) is 24.8 Å². The van der Waals surface area contributed by atoms with Gasteiger partial charge in [-0.15, -0.1) is 0 Å². The average Bonchev–Trinajstić information content (AvgIpc) is 2.87. The van der Waals surface area contributed by atoms with E-state index in [1.54, 1.807) is 12.4 Å². The maximum absolute atomic E-state index is 4.23. The average molecular weight is 205 g/mol. The van der Waals surface area contributed by atoms with Crippen LogP contribution in [-0.4, -0.2) is 19.3 Å². The van der Waals surface area contributed by atoms with Crippen LogP contribution in [0.2, 0.25) is 0 Å². The van der Waals surface area contributed by atoms with Gasteiger partial charge in [0.15, 0.2) is 0 Å². The second-order valence-corrected chi connectivity index (χ2v) is 3.25. The molecule has 0 aliphatic carbocycles. The standard InChI is InChI=1S/C10H15N5/c1-3-14-6-5-11-10(14)13-9-7-12-15(4-2)8-9/h5-8H,3-4H2,1-2H3,(H,11,13). The van der Waals surface area contributed by atoms with Crippen molar-refractivity contribution >= 4 is 11.6 Å². The van der Waals surface area contributed by atoms with Crippen molar-refractivity contribution in [3.63, 3.8) is 0 Å². The number of anilines is 2. The van der Waals surface area contributed by atoms with Crippen LogP contribution in [0.1, 0.15) is 13.8 Å². The predicted molar refractivity (Wildman–Crippen MR) is 59.1 cm³/mol. The van der Waals surface area contributed by atoms with Gasteiger partial charge < -0.3 is 9.88 Å². The number of hydrogen-bond donors (Lipinski definition) is 1. The molecule has 2 aromatic heterocycles. The predicted octanol–water partition coefficient (Wildman–Crippen LogP) is 1.86. The van der Waals surface area contributed by atoms with Crippen LogP contribution in [0, 0.1) is 0 Å². The second kappa shape index (κ2) is 4.16. The first kappa shape index (κ1) is 9.76. The highest BCUT2D eigenvalue weighted by Crippen LogP contribution is 2.13. The molecule has 2 heterocycles. The summed E-state index contributed by atoms with van der Waals surface area (Å²) in [6.07, 6.45) is 7.51. The molecule has 0 aliphatic rings. The Morgan fingerprint density at radius 2 is 2.20 bits per heavy atom. The number of aromatic nitrogens is 4. The lowest BCUT2D eigenvalue weighted by atomic mass is 10.5. The smallest absolute Gasteiger partial charge is 0.207 e. The van der Waals surface area contributed by atoms with Gasteiger partial charge in [0, 0.05) is 31.7 Å². The van der Waals surface area contributed by atoms with Crippen molar-refractivity contribution in [1.82, 2.24) is 19.3 Å². The van der Waals surface area contributed by atoms with Gasteiger partial charge in [-0.1, -0.05) is 0 Å². The Labute approximate surface area is 88.7 Å². The van der Waals surface area contributed by atoms with Gasteiger partial charge in [0.25, 0.3) is 0 Å². The maximum Gasteiger partial charge on any atom is 0.207 e. The van der Waals surface area contributed by atoms with Crippen LogP contribution in [0.3, 0.4) is 0 Å². The van der Waals surface area contributed by atoms with E-state index in [1.165, 1.54) is 0 Å². The summed E-state index contributed by atoms with van der Waals surface area (Å²) in [6, 6.07) is 0. The Balaban J connectivity index is 2.14. The Bertz CT molecular complexity index is 428. The van der Waals surface area contributed by atoms with Gasteiger partial charge in [0.1, 0.15) is 0 Å². The maximum atomic E-state index is 4.23. The van der Waals surface area contributed by atoms with E-state index in [9.17, 15) is 0 Å². The van der Waals surface area contributed by atoms with Gasteiger partial charge in [0.2, 0.25) is 5.95 Å². The molecule has 0 unspecified atom stereocenters. The summed E-state index contributed by atoms with van der Waals surface area (Å²) in [4.78, 5) is 4.23. The van der Waals surface area contributed by atoms with E-state index in [0.29, 0.717) is 0 Å². The Morgan fingerprint density at radius 1 is 1.33 bits per heavy atom. The molecule has 0 radical (unpaired) electrons. The zero-order valence-corrected chi connectivity index (χ0v) is 9.01. The van der Waals surface area contributed by atoms with Crippen LogP contribution in [0.4, 0.5) is 11.6 Å². The molecule has 0 saturated carbocycles. The molecule has 0 fully saturated rings. The third-order valence-corrected chi connectivity index (χ3v) is 2.27. The molecule has 0 spiro atoms. The fraction of sp³-hybridized carbons (Fsp3) is 0.400. The fourth-order valence-corrected chi connectivity index (χ4v) is 1.42. The van der Waals surface area contributed by atoms with Crippen LogP contribution >= 0.6 is 0 Å². The molecule has 0 aliphatic heterocycles. The number of rotatable bonds is 4. The van der Waals surface area contributed by atoms with Crippen molar-refractivity contribution < 1.29 is 0 Å². The van der Waals surface area contributed by atoms with Crippen LogP contribution in [0.15, 0.2) is 24.8 Å². The number of aryl methyl sites for hydroxylation is 2. The molecule has 80 valence electrons. The molecule has 0 atom stereocenters. The van der Waals surface area contributed by atoms with Gasteiger partial charge in [-0.3, -0.25) is 4.68 Å². The lowest BCUT2D eigenvalue weighted by Gasteiger charge is -2.04. The zero-order chi connectivity index (χ0) is 10.7. The summed E-state index contributed by atoms with van der Waals surface area (Å²) in [6.45, 7) is 5.93. The minimum Gasteiger partial charge on any atom is -0.323 e. The van der Waals surface area contributed by atoms with Crippen LogP contribution in [0.5, 0.6) is 0 Å². The first-order valence-electron chi connectivity index (χ1n) is 5.14. The van der Waals surface area contributed by atoms with E-state index < -0.39 is 0 Å². The largest absolute Gasteiger partial charge is 0.323 e. The molecule has 1 N–H and O–H groups in total. The van der Waals surface area contributed by atoms with Crippen molar-refractivity contribution in [2.45, 2.75) is 26.9 Å². The third kappa shape index (κ3) is 2.01. The van der Waals surface area contributed by atoms with Gasteiger partial charge in [0.05, 0.1) is 11.9 Å². The number of nitrogens with one attached hydrogen (secondary N) is 1. The molecule has 0 amide bonds. The summed E-state index contributed by atoms with van der Waals surface area (Å²) in [5, 5.41) is 7.41. The van der Waals surface area contributed by atoms with E-state index in [2.05, 4.69) is 29.2 Å². The first-order valence-corrected chi connectivity index (χ1v) is 5.14. The molecular formula is C10H15N5. The Kier molecular flexibility index (Phi) is 2.71. The van der Waals surface area contributed by atoms with Crippen molar-refractivity contribution in [1.29, 1.82) is 0 Å². The fourth-order valence-electron chi connectivity index (χ4n) is 1.42. The second-order valence-electron chi connectivity index (χ2n) is 3.25. The van der Waals surface area contributed by atoms with E-state index in [0.717, 1.165) is 24.7 Å². The summed E-state index contributed by atoms with van der Waals surface area (Å²) < 4.78 is 3.92. The van der Waals surface area contributed by atoms with Crippen molar-refractivity contribution in [2.75, 3.05) is 5.32 Å². The highest BCUT2D eigenvalue weighted by Gasteiger charge is 2.02. The molecule has 15 heavy (non-hydrogen) atoms. The highest BCUT2D eigenvalue weighted by molar-refractivity contribution is 5.50. The van der Waals surface area contributed by atoms with Crippen molar-refractivity contribution in [3.8, 4) is 0 Å².